The maximum Gasteiger partial charge on any atom is 0.167 e. The third-order valence-corrected chi connectivity index (χ3v) is 2.76. The monoisotopic (exact) mass is 249 g/mol. The van der Waals surface area contributed by atoms with Gasteiger partial charge in [-0.2, -0.15) is 0 Å². The molecule has 18 heavy (non-hydrogen) atoms. The molecule has 0 fully saturated rings. The van der Waals surface area contributed by atoms with Crippen LogP contribution in [-0.4, -0.2) is 16.7 Å². The highest BCUT2D eigenvalue weighted by Crippen LogP contribution is 2.20. The van der Waals surface area contributed by atoms with Crippen LogP contribution in [0.25, 0.3) is 0 Å². The molecular formula is C13H16FN3O. The second-order valence-electron chi connectivity index (χ2n) is 3.87. The molecule has 0 radical (unpaired) electrons. The van der Waals surface area contributed by atoms with E-state index in [1.165, 1.54) is 13.2 Å². The topological polar surface area (TPSA) is 39.1 Å². The number of benzene rings is 1. The molecule has 0 aliphatic heterocycles. The summed E-state index contributed by atoms with van der Waals surface area (Å²) in [6.07, 6.45) is 3.59. The van der Waals surface area contributed by atoms with Crippen molar-refractivity contribution in [1.82, 2.24) is 9.55 Å². The fraction of sp³-hybridized carbons (Fsp3) is 0.308. The highest BCUT2D eigenvalue weighted by Gasteiger charge is 2.04. The number of aromatic nitrogens is 2. The molecule has 2 aromatic rings. The molecule has 0 aliphatic rings. The van der Waals surface area contributed by atoms with Crippen molar-refractivity contribution in [3.63, 3.8) is 0 Å². The van der Waals surface area contributed by atoms with E-state index in [9.17, 15) is 4.39 Å². The molecule has 2 rings (SSSR count). The molecule has 1 N–H and O–H groups in total. The number of hydrogen-bond acceptors (Lipinski definition) is 3. The number of rotatable bonds is 5. The van der Waals surface area contributed by atoms with Gasteiger partial charge in [0.15, 0.2) is 11.6 Å². The van der Waals surface area contributed by atoms with Crippen LogP contribution in [0.15, 0.2) is 30.7 Å². The SMILES string of the molecule is CCn1cncc1CNc1ccc(OC)c(F)c1. The van der Waals surface area contributed by atoms with Crippen LogP contribution in [0.5, 0.6) is 5.75 Å². The third-order valence-electron chi connectivity index (χ3n) is 2.76. The Balaban J connectivity index is 2.04. The van der Waals surface area contributed by atoms with Crippen molar-refractivity contribution in [1.29, 1.82) is 0 Å². The van der Waals surface area contributed by atoms with Crippen molar-refractivity contribution >= 4 is 5.69 Å². The van der Waals surface area contributed by atoms with Crippen LogP contribution in [0, 0.1) is 5.82 Å². The van der Waals surface area contributed by atoms with Crippen LogP contribution >= 0.6 is 0 Å². The normalized spacial score (nSPS) is 10.4. The number of ether oxygens (including phenoxy) is 1. The Morgan fingerprint density at radius 2 is 2.28 bits per heavy atom. The minimum Gasteiger partial charge on any atom is -0.494 e. The van der Waals surface area contributed by atoms with Crippen LogP contribution in [0.4, 0.5) is 10.1 Å². The lowest BCUT2D eigenvalue weighted by Gasteiger charge is -2.09. The predicted molar refractivity (Wildman–Crippen MR) is 68.2 cm³/mol. The number of aryl methyl sites for hydroxylation is 1. The highest BCUT2D eigenvalue weighted by atomic mass is 19.1. The number of methoxy groups -OCH3 is 1. The van der Waals surface area contributed by atoms with E-state index in [0.29, 0.717) is 6.54 Å². The van der Waals surface area contributed by atoms with Crippen molar-refractivity contribution in [2.45, 2.75) is 20.0 Å². The van der Waals surface area contributed by atoms with E-state index in [4.69, 9.17) is 4.74 Å². The quantitative estimate of drug-likeness (QED) is 0.885. The van der Waals surface area contributed by atoms with Gasteiger partial charge in [-0.1, -0.05) is 0 Å². The summed E-state index contributed by atoms with van der Waals surface area (Å²) in [4.78, 5) is 4.08. The Labute approximate surface area is 105 Å². The molecule has 0 amide bonds. The Morgan fingerprint density at radius 1 is 1.44 bits per heavy atom. The van der Waals surface area contributed by atoms with Gasteiger partial charge < -0.3 is 14.6 Å². The second kappa shape index (κ2) is 5.53. The van der Waals surface area contributed by atoms with Gasteiger partial charge in [-0.25, -0.2) is 9.37 Å². The van der Waals surface area contributed by atoms with Gasteiger partial charge in [-0.15, -0.1) is 0 Å². The van der Waals surface area contributed by atoms with Gasteiger partial charge in [-0.05, 0) is 19.1 Å². The van der Waals surface area contributed by atoms with E-state index in [0.717, 1.165) is 17.9 Å². The number of hydrogen-bond donors (Lipinski definition) is 1. The summed E-state index contributed by atoms with van der Waals surface area (Å²) >= 11 is 0. The van der Waals surface area contributed by atoms with Crippen molar-refractivity contribution in [3.8, 4) is 5.75 Å². The molecule has 0 bridgehead atoms. The van der Waals surface area contributed by atoms with Crippen molar-refractivity contribution in [2.24, 2.45) is 0 Å². The molecule has 1 heterocycles. The summed E-state index contributed by atoms with van der Waals surface area (Å²) in [5.41, 5.74) is 1.78. The van der Waals surface area contributed by atoms with Crippen LogP contribution in [0.1, 0.15) is 12.6 Å². The van der Waals surface area contributed by atoms with Gasteiger partial charge >= 0.3 is 0 Å². The van der Waals surface area contributed by atoms with Crippen molar-refractivity contribution in [2.75, 3.05) is 12.4 Å². The molecular weight excluding hydrogens is 233 g/mol. The van der Waals surface area contributed by atoms with Gasteiger partial charge in [0.2, 0.25) is 0 Å². The molecule has 0 unspecified atom stereocenters. The molecule has 1 aromatic heterocycles. The second-order valence-corrected chi connectivity index (χ2v) is 3.87. The Kier molecular flexibility index (Phi) is 3.82. The zero-order chi connectivity index (χ0) is 13.0. The molecule has 4 nitrogen and oxygen atoms in total. The first-order chi connectivity index (χ1) is 8.74. The van der Waals surface area contributed by atoms with E-state index >= 15 is 0 Å². The molecule has 1 aromatic carbocycles. The summed E-state index contributed by atoms with van der Waals surface area (Å²) in [7, 11) is 1.45. The maximum atomic E-state index is 13.5. The summed E-state index contributed by atoms with van der Waals surface area (Å²) in [6.45, 7) is 3.53. The number of nitrogens with one attached hydrogen (secondary N) is 1. The van der Waals surface area contributed by atoms with E-state index in [2.05, 4.69) is 17.2 Å². The Morgan fingerprint density at radius 3 is 2.94 bits per heavy atom. The van der Waals surface area contributed by atoms with Gasteiger partial charge in [0.1, 0.15) is 0 Å². The first-order valence-electron chi connectivity index (χ1n) is 5.81. The largest absolute Gasteiger partial charge is 0.494 e. The van der Waals surface area contributed by atoms with Gasteiger partial charge in [0.25, 0.3) is 0 Å². The summed E-state index contributed by atoms with van der Waals surface area (Å²) in [5, 5.41) is 3.16. The van der Waals surface area contributed by atoms with Crippen molar-refractivity contribution in [3.05, 3.63) is 42.2 Å². The standard InChI is InChI=1S/C13H16FN3O/c1-3-17-9-15-7-11(17)8-16-10-4-5-13(18-2)12(14)6-10/h4-7,9,16H,3,8H2,1-2H3. The van der Waals surface area contributed by atoms with Crippen molar-refractivity contribution < 1.29 is 9.13 Å². The van der Waals surface area contributed by atoms with Gasteiger partial charge in [0, 0.05) is 24.5 Å². The fourth-order valence-corrected chi connectivity index (χ4v) is 1.75. The molecule has 5 heteroatoms. The minimum absolute atomic E-state index is 0.249. The van der Waals surface area contributed by atoms with Gasteiger partial charge in [0.05, 0.1) is 25.7 Å². The highest BCUT2D eigenvalue weighted by molar-refractivity contribution is 5.47. The lowest BCUT2D eigenvalue weighted by Crippen LogP contribution is -2.06. The van der Waals surface area contributed by atoms with Crippen LogP contribution in [-0.2, 0) is 13.1 Å². The molecule has 0 aliphatic carbocycles. The summed E-state index contributed by atoms with van der Waals surface area (Å²) < 4.78 is 20.4. The lowest BCUT2D eigenvalue weighted by atomic mass is 10.3. The smallest absolute Gasteiger partial charge is 0.167 e. The first-order valence-corrected chi connectivity index (χ1v) is 5.81. The third kappa shape index (κ3) is 2.61. The minimum atomic E-state index is -0.369. The number of nitrogens with zero attached hydrogens (tertiary/aromatic N) is 2. The number of anilines is 1. The molecule has 0 saturated heterocycles. The van der Waals surface area contributed by atoms with Crippen LogP contribution < -0.4 is 10.1 Å². The van der Waals surface area contributed by atoms with E-state index in [1.807, 2.05) is 4.57 Å². The van der Waals surface area contributed by atoms with E-state index in [-0.39, 0.29) is 11.6 Å². The summed E-state index contributed by atoms with van der Waals surface area (Å²) in [5.74, 6) is -0.120. The molecule has 0 saturated carbocycles. The molecule has 0 spiro atoms. The van der Waals surface area contributed by atoms with Crippen LogP contribution in [0.3, 0.4) is 0 Å². The molecule has 0 atom stereocenters. The zero-order valence-corrected chi connectivity index (χ0v) is 10.5. The number of imidazole rings is 1. The lowest BCUT2D eigenvalue weighted by molar-refractivity contribution is 0.386. The first kappa shape index (κ1) is 12.4. The number of halogens is 1. The average molecular weight is 249 g/mol. The predicted octanol–water partition coefficient (Wildman–Crippen LogP) is 2.66. The molecule has 96 valence electrons. The fourth-order valence-electron chi connectivity index (χ4n) is 1.75. The van der Waals surface area contributed by atoms with E-state index in [1.54, 1.807) is 24.7 Å². The zero-order valence-electron chi connectivity index (χ0n) is 10.5. The van der Waals surface area contributed by atoms with Gasteiger partial charge in [-0.3, -0.25) is 0 Å². The Bertz CT molecular complexity index is 525. The van der Waals surface area contributed by atoms with Crippen LogP contribution in [0.2, 0.25) is 0 Å². The maximum absolute atomic E-state index is 13.5. The van der Waals surface area contributed by atoms with E-state index < -0.39 is 0 Å². The Hall–Kier alpha value is -2.04. The average Bonchev–Trinajstić information content (AvgIpc) is 2.84. The summed E-state index contributed by atoms with van der Waals surface area (Å²) in [6, 6.07) is 4.81.